The van der Waals surface area contributed by atoms with E-state index in [2.05, 4.69) is 15.3 Å². The molecule has 0 radical (unpaired) electrons. The summed E-state index contributed by atoms with van der Waals surface area (Å²) in [5.74, 6) is -0.316. The third-order valence-corrected chi connectivity index (χ3v) is 4.92. The molecule has 4 nitrogen and oxygen atoms in total. The van der Waals surface area contributed by atoms with Gasteiger partial charge in [0.15, 0.2) is 0 Å². The van der Waals surface area contributed by atoms with Crippen molar-refractivity contribution in [2.45, 2.75) is 6.92 Å². The second-order valence-corrected chi connectivity index (χ2v) is 6.96. The summed E-state index contributed by atoms with van der Waals surface area (Å²) < 4.78 is 14.8. The van der Waals surface area contributed by atoms with Crippen molar-refractivity contribution >= 4 is 23.5 Å². The van der Waals surface area contributed by atoms with Gasteiger partial charge >= 0.3 is 0 Å². The molecule has 0 bridgehead atoms. The van der Waals surface area contributed by atoms with Crippen LogP contribution in [-0.2, 0) is 0 Å². The first-order chi connectivity index (χ1) is 14.6. The first-order valence-electron chi connectivity index (χ1n) is 9.36. The Kier molecular flexibility index (Phi) is 5.82. The maximum absolute atomic E-state index is 13.2. The first kappa shape index (κ1) is 19.7. The predicted molar refractivity (Wildman–Crippen MR) is 119 cm³/mol. The monoisotopic (exact) mass is 416 g/mol. The molecular formula is C24H18ClFN4. The lowest BCUT2D eigenvalue weighted by Gasteiger charge is -2.05. The number of halogens is 2. The Balaban J connectivity index is 1.70. The molecule has 0 aliphatic carbocycles. The summed E-state index contributed by atoms with van der Waals surface area (Å²) in [6, 6.07) is 25.7. The van der Waals surface area contributed by atoms with Crippen LogP contribution in [-0.4, -0.2) is 21.7 Å². The second-order valence-electron chi connectivity index (χ2n) is 6.60. The fourth-order valence-corrected chi connectivity index (χ4v) is 3.35. The van der Waals surface area contributed by atoms with E-state index in [4.69, 9.17) is 11.6 Å². The van der Waals surface area contributed by atoms with Crippen LogP contribution < -0.4 is 0 Å². The van der Waals surface area contributed by atoms with Crippen molar-refractivity contribution < 1.29 is 4.39 Å². The van der Waals surface area contributed by atoms with Crippen LogP contribution in [0.1, 0.15) is 22.4 Å². The highest BCUT2D eigenvalue weighted by atomic mass is 35.5. The molecule has 0 atom stereocenters. The summed E-state index contributed by atoms with van der Waals surface area (Å²) in [7, 11) is 0. The maximum atomic E-state index is 13.2. The highest BCUT2D eigenvalue weighted by molar-refractivity contribution is 6.32. The van der Waals surface area contributed by atoms with Crippen LogP contribution in [0.25, 0.3) is 5.69 Å². The summed E-state index contributed by atoms with van der Waals surface area (Å²) >= 11 is 6.52. The lowest BCUT2D eigenvalue weighted by Crippen LogP contribution is -2.02. The van der Waals surface area contributed by atoms with Crippen LogP contribution in [0.15, 0.2) is 95.1 Å². The quantitative estimate of drug-likeness (QED) is 0.297. The molecule has 4 aromatic rings. The van der Waals surface area contributed by atoms with Crippen LogP contribution in [0.2, 0.25) is 5.15 Å². The molecule has 0 amide bonds. The molecular weight excluding hydrogens is 399 g/mol. The summed E-state index contributed by atoms with van der Waals surface area (Å²) in [4.78, 5) is 0. The third kappa shape index (κ3) is 4.21. The van der Waals surface area contributed by atoms with E-state index in [-0.39, 0.29) is 5.82 Å². The van der Waals surface area contributed by atoms with Gasteiger partial charge < -0.3 is 0 Å². The molecule has 148 valence electrons. The van der Waals surface area contributed by atoms with Crippen molar-refractivity contribution in [2.24, 2.45) is 10.2 Å². The highest BCUT2D eigenvalue weighted by Gasteiger charge is 2.13. The molecule has 0 saturated heterocycles. The van der Waals surface area contributed by atoms with Gasteiger partial charge in [0.2, 0.25) is 0 Å². The Hall–Kier alpha value is -3.57. The number of aryl methyl sites for hydroxylation is 1. The molecule has 0 saturated carbocycles. The topological polar surface area (TPSA) is 42.5 Å². The van der Waals surface area contributed by atoms with Crippen molar-refractivity contribution in [1.82, 2.24) is 9.78 Å². The summed E-state index contributed by atoms with van der Waals surface area (Å²) in [6.07, 6.45) is 1.59. The van der Waals surface area contributed by atoms with Gasteiger partial charge in [-0.3, -0.25) is 0 Å². The Bertz CT molecular complexity index is 1160. The highest BCUT2D eigenvalue weighted by Crippen LogP contribution is 2.22. The van der Waals surface area contributed by atoms with Crippen LogP contribution in [0, 0.1) is 12.7 Å². The lowest BCUT2D eigenvalue weighted by atomic mass is 10.0. The van der Waals surface area contributed by atoms with E-state index in [1.54, 1.807) is 23.0 Å². The molecule has 6 heteroatoms. The smallest absolute Gasteiger partial charge is 0.142 e. The van der Waals surface area contributed by atoms with Gasteiger partial charge in [0.25, 0.3) is 0 Å². The molecule has 1 aromatic heterocycles. The predicted octanol–water partition coefficient (Wildman–Crippen LogP) is 5.84. The first-order valence-corrected chi connectivity index (χ1v) is 9.74. The van der Waals surface area contributed by atoms with Gasteiger partial charge in [0.05, 0.1) is 23.2 Å². The summed E-state index contributed by atoms with van der Waals surface area (Å²) in [5.41, 5.74) is 4.71. The molecule has 0 fully saturated rings. The molecule has 0 aliphatic heterocycles. The summed E-state index contributed by atoms with van der Waals surface area (Å²) in [6.45, 7) is 1.84. The van der Waals surface area contributed by atoms with Crippen molar-refractivity contribution in [1.29, 1.82) is 0 Å². The van der Waals surface area contributed by atoms with E-state index >= 15 is 0 Å². The minimum absolute atomic E-state index is 0.316. The van der Waals surface area contributed by atoms with E-state index in [1.165, 1.54) is 12.1 Å². The zero-order valence-electron chi connectivity index (χ0n) is 16.2. The number of nitrogens with zero attached hydrogens (tertiary/aromatic N) is 4. The minimum atomic E-state index is -0.316. The zero-order valence-corrected chi connectivity index (χ0v) is 17.0. The molecule has 30 heavy (non-hydrogen) atoms. The zero-order chi connectivity index (χ0) is 20.9. The van der Waals surface area contributed by atoms with Gasteiger partial charge in [-0.05, 0) is 31.2 Å². The Morgan fingerprint density at radius 2 is 1.47 bits per heavy atom. The maximum Gasteiger partial charge on any atom is 0.142 e. The lowest BCUT2D eigenvalue weighted by molar-refractivity contribution is 0.627. The van der Waals surface area contributed by atoms with Crippen LogP contribution in [0.3, 0.4) is 0 Å². The SMILES string of the molecule is Cc1nn(-c2ccc(F)cc2)c(Cl)c1/C=N\N=C(c1ccccc1)c1ccccc1. The van der Waals surface area contributed by atoms with E-state index in [0.29, 0.717) is 22.1 Å². The van der Waals surface area contributed by atoms with Crippen molar-refractivity contribution in [3.63, 3.8) is 0 Å². The number of aromatic nitrogens is 2. The van der Waals surface area contributed by atoms with Crippen LogP contribution in [0.4, 0.5) is 4.39 Å². The fourth-order valence-electron chi connectivity index (χ4n) is 3.03. The van der Waals surface area contributed by atoms with Crippen LogP contribution in [0.5, 0.6) is 0 Å². The molecule has 3 aromatic carbocycles. The fraction of sp³-hybridized carbons (Fsp3) is 0.0417. The molecule has 0 spiro atoms. The Morgan fingerprint density at radius 1 is 0.900 bits per heavy atom. The molecule has 0 aliphatic rings. The number of hydrogen-bond acceptors (Lipinski definition) is 3. The normalized spacial score (nSPS) is 11.0. The Morgan fingerprint density at radius 3 is 2.03 bits per heavy atom. The van der Waals surface area contributed by atoms with Crippen molar-refractivity contribution in [2.75, 3.05) is 0 Å². The van der Waals surface area contributed by atoms with Crippen molar-refractivity contribution in [3.8, 4) is 5.69 Å². The van der Waals surface area contributed by atoms with E-state index in [9.17, 15) is 4.39 Å². The largest absolute Gasteiger partial charge is 0.221 e. The van der Waals surface area contributed by atoms with Gasteiger partial charge in [0, 0.05) is 11.1 Å². The van der Waals surface area contributed by atoms with Gasteiger partial charge in [-0.25, -0.2) is 9.07 Å². The van der Waals surface area contributed by atoms with E-state index in [0.717, 1.165) is 16.8 Å². The molecule has 4 rings (SSSR count). The van der Waals surface area contributed by atoms with Gasteiger partial charge in [-0.1, -0.05) is 72.3 Å². The molecule has 0 unspecified atom stereocenters. The van der Waals surface area contributed by atoms with Crippen molar-refractivity contribution in [3.05, 3.63) is 118 Å². The minimum Gasteiger partial charge on any atom is -0.221 e. The van der Waals surface area contributed by atoms with Gasteiger partial charge in [-0.2, -0.15) is 10.2 Å². The third-order valence-electron chi connectivity index (χ3n) is 4.56. The second kappa shape index (κ2) is 8.84. The molecule has 1 heterocycles. The Labute approximate surface area is 179 Å². The van der Waals surface area contributed by atoms with Crippen LogP contribution >= 0.6 is 11.6 Å². The average Bonchev–Trinajstić information content (AvgIpc) is 3.06. The van der Waals surface area contributed by atoms with E-state index < -0.39 is 0 Å². The number of hydrogen-bond donors (Lipinski definition) is 0. The van der Waals surface area contributed by atoms with E-state index in [1.807, 2.05) is 67.6 Å². The summed E-state index contributed by atoms with van der Waals surface area (Å²) in [5, 5.41) is 13.6. The number of rotatable bonds is 5. The van der Waals surface area contributed by atoms with Gasteiger partial charge in [-0.15, -0.1) is 5.10 Å². The standard InChI is InChI=1S/C24H18ClFN4/c1-17-22(24(25)30(29-17)21-14-12-20(26)13-15-21)16-27-28-23(18-8-4-2-5-9-18)19-10-6-3-7-11-19/h2-16H,1H3/b27-16-. The number of benzene rings is 3. The molecule has 0 N–H and O–H groups in total. The average molecular weight is 417 g/mol. The van der Waals surface area contributed by atoms with Gasteiger partial charge in [0.1, 0.15) is 16.7 Å².